The summed E-state index contributed by atoms with van der Waals surface area (Å²) >= 11 is 0. The number of carbonyl (C=O) groups excluding carboxylic acids is 1. The van der Waals surface area contributed by atoms with Crippen molar-refractivity contribution in [1.29, 1.82) is 0 Å². The standard InChI is InChI=1S/C14H25NO2/c1-4-13(7-5-6-8-13)12(16)15-9-14(17,10-15)11(2)3/h11,17H,4-10H2,1-3H3. The number of rotatable bonds is 3. The van der Waals surface area contributed by atoms with E-state index >= 15 is 0 Å². The molecule has 0 aromatic rings. The highest BCUT2D eigenvalue weighted by molar-refractivity contribution is 5.84. The van der Waals surface area contributed by atoms with Gasteiger partial charge >= 0.3 is 0 Å². The molecule has 1 saturated heterocycles. The lowest BCUT2D eigenvalue weighted by atomic mass is 9.77. The Hall–Kier alpha value is -0.570. The van der Waals surface area contributed by atoms with Gasteiger partial charge in [-0.2, -0.15) is 0 Å². The maximum absolute atomic E-state index is 12.5. The van der Waals surface area contributed by atoms with Gasteiger partial charge in [0.05, 0.1) is 13.1 Å². The summed E-state index contributed by atoms with van der Waals surface area (Å²) in [4.78, 5) is 14.4. The molecule has 98 valence electrons. The van der Waals surface area contributed by atoms with Gasteiger partial charge in [0.25, 0.3) is 0 Å². The quantitative estimate of drug-likeness (QED) is 0.820. The van der Waals surface area contributed by atoms with Gasteiger partial charge < -0.3 is 10.0 Å². The van der Waals surface area contributed by atoms with Crippen LogP contribution in [-0.2, 0) is 4.79 Å². The van der Waals surface area contributed by atoms with Crippen LogP contribution in [0.5, 0.6) is 0 Å². The molecule has 0 bridgehead atoms. The predicted molar refractivity (Wildman–Crippen MR) is 67.6 cm³/mol. The van der Waals surface area contributed by atoms with Gasteiger partial charge in [-0.3, -0.25) is 4.79 Å². The Labute approximate surface area is 104 Å². The minimum atomic E-state index is -0.636. The monoisotopic (exact) mass is 239 g/mol. The van der Waals surface area contributed by atoms with Crippen LogP contribution in [-0.4, -0.2) is 34.6 Å². The van der Waals surface area contributed by atoms with Gasteiger partial charge in [0.2, 0.25) is 5.91 Å². The molecular formula is C14H25NO2. The molecule has 1 heterocycles. The van der Waals surface area contributed by atoms with Crippen LogP contribution in [0.15, 0.2) is 0 Å². The summed E-state index contributed by atoms with van der Waals surface area (Å²) in [6.07, 6.45) is 5.39. The third-order valence-electron chi connectivity index (χ3n) is 4.98. The number of carbonyl (C=O) groups is 1. The smallest absolute Gasteiger partial charge is 0.228 e. The molecule has 1 amide bonds. The van der Waals surface area contributed by atoms with Gasteiger partial charge in [0, 0.05) is 5.41 Å². The molecule has 0 aromatic carbocycles. The summed E-state index contributed by atoms with van der Waals surface area (Å²) in [7, 11) is 0. The molecule has 1 aliphatic carbocycles. The van der Waals surface area contributed by atoms with Crippen LogP contribution in [0, 0.1) is 11.3 Å². The second kappa shape index (κ2) is 4.27. The lowest BCUT2D eigenvalue weighted by molar-refractivity contribution is -0.173. The highest BCUT2D eigenvalue weighted by Crippen LogP contribution is 2.44. The largest absolute Gasteiger partial charge is 0.386 e. The molecule has 3 nitrogen and oxygen atoms in total. The molecule has 1 N–H and O–H groups in total. The van der Waals surface area contributed by atoms with Crippen molar-refractivity contribution in [3.63, 3.8) is 0 Å². The van der Waals surface area contributed by atoms with Crippen molar-refractivity contribution in [2.45, 2.75) is 58.5 Å². The van der Waals surface area contributed by atoms with E-state index in [2.05, 4.69) is 6.92 Å². The normalized spacial score (nSPS) is 26.1. The molecule has 2 fully saturated rings. The molecule has 2 aliphatic rings. The Morgan fingerprint density at radius 1 is 1.29 bits per heavy atom. The van der Waals surface area contributed by atoms with E-state index in [1.165, 1.54) is 12.8 Å². The van der Waals surface area contributed by atoms with Gasteiger partial charge in [0.15, 0.2) is 0 Å². The Bertz CT molecular complexity index is 299. The minimum Gasteiger partial charge on any atom is -0.386 e. The maximum Gasteiger partial charge on any atom is 0.228 e. The lowest BCUT2D eigenvalue weighted by Gasteiger charge is -2.51. The van der Waals surface area contributed by atoms with E-state index in [-0.39, 0.29) is 11.3 Å². The fraction of sp³-hybridized carbons (Fsp3) is 0.929. The topological polar surface area (TPSA) is 40.5 Å². The number of hydrogen-bond donors (Lipinski definition) is 1. The average molecular weight is 239 g/mol. The van der Waals surface area contributed by atoms with Gasteiger partial charge in [0.1, 0.15) is 5.60 Å². The third-order valence-corrected chi connectivity index (χ3v) is 4.98. The summed E-state index contributed by atoms with van der Waals surface area (Å²) in [6, 6.07) is 0. The zero-order valence-corrected chi connectivity index (χ0v) is 11.3. The minimum absolute atomic E-state index is 0.0989. The van der Waals surface area contributed by atoms with Crippen molar-refractivity contribution < 1.29 is 9.90 Å². The van der Waals surface area contributed by atoms with Crippen LogP contribution >= 0.6 is 0 Å². The zero-order valence-electron chi connectivity index (χ0n) is 11.3. The summed E-state index contributed by atoms with van der Waals surface area (Å²) < 4.78 is 0. The van der Waals surface area contributed by atoms with Gasteiger partial charge in [-0.05, 0) is 25.2 Å². The summed E-state index contributed by atoms with van der Waals surface area (Å²) in [6.45, 7) is 7.23. The van der Waals surface area contributed by atoms with Crippen molar-refractivity contribution in [2.75, 3.05) is 13.1 Å². The second-order valence-electron chi connectivity index (χ2n) is 6.26. The van der Waals surface area contributed by atoms with E-state index < -0.39 is 5.60 Å². The van der Waals surface area contributed by atoms with E-state index in [9.17, 15) is 9.90 Å². The zero-order chi connectivity index (χ0) is 12.7. The molecule has 1 saturated carbocycles. The van der Waals surface area contributed by atoms with E-state index in [4.69, 9.17) is 0 Å². The fourth-order valence-corrected chi connectivity index (χ4v) is 3.23. The Kier molecular flexibility index (Phi) is 3.23. The fourth-order valence-electron chi connectivity index (χ4n) is 3.23. The molecule has 0 spiro atoms. The summed E-state index contributed by atoms with van der Waals surface area (Å²) in [5.74, 6) is 0.524. The van der Waals surface area contributed by atoms with Crippen LogP contribution in [0.25, 0.3) is 0 Å². The Balaban J connectivity index is 1.99. The Morgan fingerprint density at radius 2 is 1.82 bits per heavy atom. The van der Waals surface area contributed by atoms with Crippen molar-refractivity contribution in [1.82, 2.24) is 4.90 Å². The molecule has 3 heteroatoms. The highest BCUT2D eigenvalue weighted by atomic mass is 16.3. The average Bonchev–Trinajstić information content (AvgIpc) is 2.73. The van der Waals surface area contributed by atoms with Crippen molar-refractivity contribution in [3.8, 4) is 0 Å². The maximum atomic E-state index is 12.5. The first-order valence-electron chi connectivity index (χ1n) is 6.95. The van der Waals surface area contributed by atoms with Crippen LogP contribution in [0.3, 0.4) is 0 Å². The molecule has 0 aromatic heterocycles. The molecule has 0 radical (unpaired) electrons. The Morgan fingerprint density at radius 3 is 2.24 bits per heavy atom. The first kappa shape index (κ1) is 12.9. The predicted octanol–water partition coefficient (Wildman–Crippen LogP) is 2.19. The number of nitrogens with zero attached hydrogens (tertiary/aromatic N) is 1. The first-order chi connectivity index (χ1) is 7.93. The van der Waals surface area contributed by atoms with E-state index in [0.29, 0.717) is 19.0 Å². The van der Waals surface area contributed by atoms with Crippen LogP contribution in [0.4, 0.5) is 0 Å². The van der Waals surface area contributed by atoms with Crippen LogP contribution in [0.1, 0.15) is 52.9 Å². The number of β-amino-alcohol motifs (C(OH)–C–C–N with tert-alkyl or cyclic N) is 1. The molecule has 1 aliphatic heterocycles. The number of likely N-dealkylation sites (tertiary alicyclic amines) is 1. The lowest BCUT2D eigenvalue weighted by Crippen LogP contribution is -2.67. The summed E-state index contributed by atoms with van der Waals surface area (Å²) in [5.41, 5.74) is -0.735. The first-order valence-corrected chi connectivity index (χ1v) is 6.95. The van der Waals surface area contributed by atoms with E-state index in [1.807, 2.05) is 18.7 Å². The molecule has 0 atom stereocenters. The van der Waals surface area contributed by atoms with Crippen molar-refractivity contribution in [3.05, 3.63) is 0 Å². The molecular weight excluding hydrogens is 214 g/mol. The SMILES string of the molecule is CCC1(C(=O)N2CC(O)(C(C)C)C2)CCCC1. The molecule has 0 unspecified atom stereocenters. The number of amides is 1. The van der Waals surface area contributed by atoms with Crippen LogP contribution < -0.4 is 0 Å². The molecule has 2 rings (SSSR count). The molecule has 17 heavy (non-hydrogen) atoms. The number of aliphatic hydroxyl groups is 1. The highest BCUT2D eigenvalue weighted by Gasteiger charge is 2.51. The number of hydrogen-bond acceptors (Lipinski definition) is 2. The van der Waals surface area contributed by atoms with Gasteiger partial charge in [-0.1, -0.05) is 33.6 Å². The van der Waals surface area contributed by atoms with Crippen molar-refractivity contribution in [2.24, 2.45) is 11.3 Å². The van der Waals surface area contributed by atoms with E-state index in [0.717, 1.165) is 19.3 Å². The summed E-state index contributed by atoms with van der Waals surface area (Å²) in [5, 5.41) is 10.2. The van der Waals surface area contributed by atoms with Crippen molar-refractivity contribution >= 4 is 5.91 Å². The van der Waals surface area contributed by atoms with Gasteiger partial charge in [-0.15, -0.1) is 0 Å². The van der Waals surface area contributed by atoms with Crippen LogP contribution in [0.2, 0.25) is 0 Å². The van der Waals surface area contributed by atoms with Gasteiger partial charge in [-0.25, -0.2) is 0 Å². The van der Waals surface area contributed by atoms with E-state index in [1.54, 1.807) is 0 Å². The third kappa shape index (κ3) is 1.99. The second-order valence-corrected chi connectivity index (χ2v) is 6.26.